The molecule has 0 spiro atoms. The topological polar surface area (TPSA) is 81.7 Å². The van der Waals surface area contributed by atoms with Gasteiger partial charge in [-0.2, -0.15) is 11.8 Å². The van der Waals surface area contributed by atoms with Gasteiger partial charge in [-0.1, -0.05) is 13.8 Å². The quantitative estimate of drug-likeness (QED) is 0.555. The van der Waals surface area contributed by atoms with Crippen LogP contribution in [0.25, 0.3) is 0 Å². The molecule has 0 fully saturated rings. The van der Waals surface area contributed by atoms with Crippen LogP contribution in [-0.4, -0.2) is 66.2 Å². The molecule has 0 aliphatic carbocycles. The van der Waals surface area contributed by atoms with Crippen LogP contribution in [0.5, 0.6) is 0 Å². The number of nitrogens with zero attached hydrogens (tertiary/aromatic N) is 1. The highest BCUT2D eigenvalue weighted by atomic mass is 32.2. The summed E-state index contributed by atoms with van der Waals surface area (Å²) in [6.45, 7) is 7.28. The molecule has 0 rings (SSSR count). The molecule has 0 aromatic carbocycles. The fourth-order valence-corrected chi connectivity index (χ4v) is 2.04. The molecule has 0 saturated heterocycles. The Kier molecular flexibility index (Phi) is 10.4. The second-order valence-corrected chi connectivity index (χ2v) is 5.09. The van der Waals surface area contributed by atoms with Crippen LogP contribution in [0, 0.1) is 0 Å². The van der Waals surface area contributed by atoms with Crippen molar-refractivity contribution in [2.45, 2.75) is 26.3 Å². The summed E-state index contributed by atoms with van der Waals surface area (Å²) >= 11 is 1.56. The molecule has 0 aliphatic heterocycles. The van der Waals surface area contributed by atoms with Crippen molar-refractivity contribution in [2.75, 3.05) is 38.2 Å². The van der Waals surface area contributed by atoms with Gasteiger partial charge < -0.3 is 20.6 Å². The van der Waals surface area contributed by atoms with Crippen LogP contribution >= 0.6 is 11.8 Å². The van der Waals surface area contributed by atoms with Gasteiger partial charge in [0.15, 0.2) is 0 Å². The maximum Gasteiger partial charge on any atom is 0.326 e. The summed E-state index contributed by atoms with van der Waals surface area (Å²) in [4.78, 5) is 24.7. The SMILES string of the molecule is CCN(CC)CCNC(=O)N[C@H](CCSC)C(=O)O. The number of hydrogen-bond acceptors (Lipinski definition) is 4. The Labute approximate surface area is 119 Å². The largest absolute Gasteiger partial charge is 0.480 e. The van der Waals surface area contributed by atoms with E-state index in [1.807, 2.05) is 6.26 Å². The van der Waals surface area contributed by atoms with Crippen molar-refractivity contribution >= 4 is 23.8 Å². The highest BCUT2D eigenvalue weighted by Gasteiger charge is 2.18. The van der Waals surface area contributed by atoms with Gasteiger partial charge in [0.2, 0.25) is 0 Å². The smallest absolute Gasteiger partial charge is 0.326 e. The number of amides is 2. The number of rotatable bonds is 10. The average molecular weight is 291 g/mol. The summed E-state index contributed by atoms with van der Waals surface area (Å²) in [7, 11) is 0. The Morgan fingerprint density at radius 3 is 2.42 bits per heavy atom. The van der Waals surface area contributed by atoms with E-state index in [1.54, 1.807) is 11.8 Å². The number of carbonyl (C=O) groups excluding carboxylic acids is 1. The number of aliphatic carboxylic acids is 1. The normalized spacial score (nSPS) is 12.2. The fraction of sp³-hybridized carbons (Fsp3) is 0.833. The highest BCUT2D eigenvalue weighted by molar-refractivity contribution is 7.98. The second-order valence-electron chi connectivity index (χ2n) is 4.10. The molecule has 0 aromatic rings. The summed E-state index contributed by atoms with van der Waals surface area (Å²) in [6, 6.07) is -1.23. The third kappa shape index (κ3) is 8.72. The predicted octanol–water partition coefficient (Wildman–Crippen LogP) is 0.834. The van der Waals surface area contributed by atoms with Crippen LogP contribution in [-0.2, 0) is 4.79 Å². The first kappa shape index (κ1) is 18.0. The standard InChI is InChI=1S/C12H25N3O3S/c1-4-15(5-2)8-7-13-12(18)14-10(11(16)17)6-9-19-3/h10H,4-9H2,1-3H3,(H,16,17)(H2,13,14,18)/t10-/m1/s1. The average Bonchev–Trinajstić information content (AvgIpc) is 2.39. The van der Waals surface area contributed by atoms with Crippen molar-refractivity contribution in [3.63, 3.8) is 0 Å². The van der Waals surface area contributed by atoms with Gasteiger partial charge in [-0.3, -0.25) is 0 Å². The van der Waals surface area contributed by atoms with E-state index in [0.29, 0.717) is 18.7 Å². The first-order chi connectivity index (χ1) is 9.04. The molecular weight excluding hydrogens is 266 g/mol. The Hall–Kier alpha value is -0.950. The number of carbonyl (C=O) groups is 2. The van der Waals surface area contributed by atoms with E-state index in [2.05, 4.69) is 29.4 Å². The number of thioether (sulfide) groups is 1. The lowest BCUT2D eigenvalue weighted by Crippen LogP contribution is -2.47. The van der Waals surface area contributed by atoms with E-state index in [4.69, 9.17) is 5.11 Å². The minimum Gasteiger partial charge on any atom is -0.480 e. The van der Waals surface area contributed by atoms with Crippen LogP contribution in [0.15, 0.2) is 0 Å². The summed E-state index contributed by atoms with van der Waals surface area (Å²) in [5.41, 5.74) is 0. The third-order valence-electron chi connectivity index (χ3n) is 2.82. The zero-order chi connectivity index (χ0) is 14.7. The fourth-order valence-electron chi connectivity index (χ4n) is 1.57. The van der Waals surface area contributed by atoms with Gasteiger partial charge in [0, 0.05) is 13.1 Å². The van der Waals surface area contributed by atoms with Crippen molar-refractivity contribution in [1.82, 2.24) is 15.5 Å². The Morgan fingerprint density at radius 2 is 1.95 bits per heavy atom. The van der Waals surface area contributed by atoms with Gasteiger partial charge in [0.25, 0.3) is 0 Å². The molecule has 112 valence electrons. The number of nitrogens with one attached hydrogen (secondary N) is 2. The van der Waals surface area contributed by atoms with Crippen molar-refractivity contribution in [1.29, 1.82) is 0 Å². The second kappa shape index (κ2) is 10.9. The van der Waals surface area contributed by atoms with Gasteiger partial charge in [0.05, 0.1) is 0 Å². The summed E-state index contributed by atoms with van der Waals surface area (Å²) in [5, 5.41) is 14.1. The molecular formula is C12H25N3O3S. The Bertz CT molecular complexity index is 273. The van der Waals surface area contributed by atoms with E-state index < -0.39 is 18.0 Å². The molecule has 3 N–H and O–H groups in total. The molecule has 2 amide bonds. The van der Waals surface area contributed by atoms with Crippen molar-refractivity contribution < 1.29 is 14.7 Å². The molecule has 19 heavy (non-hydrogen) atoms. The molecule has 0 radical (unpaired) electrons. The van der Waals surface area contributed by atoms with Crippen LogP contribution < -0.4 is 10.6 Å². The molecule has 7 heteroatoms. The Balaban J connectivity index is 3.95. The van der Waals surface area contributed by atoms with Gasteiger partial charge in [-0.05, 0) is 31.5 Å². The lowest BCUT2D eigenvalue weighted by Gasteiger charge is -2.19. The van der Waals surface area contributed by atoms with Crippen LogP contribution in [0.4, 0.5) is 4.79 Å². The number of carboxylic acid groups (broad SMARTS) is 1. The first-order valence-corrected chi connectivity index (χ1v) is 7.92. The van der Waals surface area contributed by atoms with Crippen molar-refractivity contribution in [3.05, 3.63) is 0 Å². The first-order valence-electron chi connectivity index (χ1n) is 6.53. The van der Waals surface area contributed by atoms with Crippen molar-refractivity contribution in [2.24, 2.45) is 0 Å². The highest BCUT2D eigenvalue weighted by Crippen LogP contribution is 2.00. The zero-order valence-corrected chi connectivity index (χ0v) is 12.8. The maximum absolute atomic E-state index is 11.6. The van der Waals surface area contributed by atoms with Crippen molar-refractivity contribution in [3.8, 4) is 0 Å². The van der Waals surface area contributed by atoms with E-state index in [0.717, 1.165) is 19.6 Å². The van der Waals surface area contributed by atoms with E-state index >= 15 is 0 Å². The molecule has 6 nitrogen and oxygen atoms in total. The van der Waals surface area contributed by atoms with Gasteiger partial charge in [0.1, 0.15) is 6.04 Å². The van der Waals surface area contributed by atoms with Gasteiger partial charge in [-0.25, -0.2) is 9.59 Å². The minimum atomic E-state index is -0.993. The third-order valence-corrected chi connectivity index (χ3v) is 3.47. The van der Waals surface area contributed by atoms with Crippen LogP contribution in [0.2, 0.25) is 0 Å². The summed E-state index contributed by atoms with van der Waals surface area (Å²) in [6.07, 6.45) is 2.34. The number of carboxylic acids is 1. The van der Waals surface area contributed by atoms with Gasteiger partial charge in [-0.15, -0.1) is 0 Å². The monoisotopic (exact) mass is 291 g/mol. The molecule has 0 bridgehead atoms. The zero-order valence-electron chi connectivity index (χ0n) is 11.9. The Morgan fingerprint density at radius 1 is 1.32 bits per heavy atom. The molecule has 0 unspecified atom stereocenters. The van der Waals surface area contributed by atoms with Crippen LogP contribution in [0.1, 0.15) is 20.3 Å². The van der Waals surface area contributed by atoms with E-state index in [-0.39, 0.29) is 0 Å². The molecule has 0 aromatic heterocycles. The molecule has 0 saturated carbocycles. The minimum absolute atomic E-state index is 0.416. The van der Waals surface area contributed by atoms with Gasteiger partial charge >= 0.3 is 12.0 Å². The lowest BCUT2D eigenvalue weighted by molar-refractivity contribution is -0.139. The summed E-state index contributed by atoms with van der Waals surface area (Å²) < 4.78 is 0. The molecule has 0 aliphatic rings. The number of hydrogen-bond donors (Lipinski definition) is 3. The summed E-state index contributed by atoms with van der Waals surface area (Å²) in [5.74, 6) is -0.288. The molecule has 0 heterocycles. The molecule has 1 atom stereocenters. The van der Waals surface area contributed by atoms with E-state index in [9.17, 15) is 9.59 Å². The maximum atomic E-state index is 11.6. The van der Waals surface area contributed by atoms with Crippen LogP contribution in [0.3, 0.4) is 0 Å². The number of likely N-dealkylation sites (N-methyl/N-ethyl adjacent to an activating group) is 1. The van der Waals surface area contributed by atoms with E-state index in [1.165, 1.54) is 0 Å². The number of urea groups is 1. The predicted molar refractivity (Wildman–Crippen MR) is 78.7 cm³/mol. The lowest BCUT2D eigenvalue weighted by atomic mass is 10.2.